The lowest BCUT2D eigenvalue weighted by Crippen LogP contribution is -2.10. The van der Waals surface area contributed by atoms with Crippen LogP contribution in [-0.4, -0.2) is 21.7 Å². The van der Waals surface area contributed by atoms with E-state index in [2.05, 4.69) is 25.8 Å². The fourth-order valence-corrected chi connectivity index (χ4v) is 2.49. The van der Waals surface area contributed by atoms with Gasteiger partial charge in [0, 0.05) is 17.3 Å². The first-order valence-electron chi connectivity index (χ1n) is 7.82. The highest BCUT2D eigenvalue weighted by atomic mass is 35.5. The van der Waals surface area contributed by atoms with E-state index in [9.17, 15) is 4.39 Å². The second kappa shape index (κ2) is 7.90. The largest absolute Gasteiger partial charge is 0.353 e. The van der Waals surface area contributed by atoms with Gasteiger partial charge in [-0.15, -0.1) is 5.10 Å². The van der Waals surface area contributed by atoms with Gasteiger partial charge >= 0.3 is 0 Å². The Balaban J connectivity index is 1.63. The number of hydrogen-bond donors (Lipinski definition) is 2. The lowest BCUT2D eigenvalue weighted by Gasteiger charge is -2.10. The summed E-state index contributed by atoms with van der Waals surface area (Å²) in [6.45, 7) is 2.48. The molecule has 3 rings (SSSR count). The van der Waals surface area contributed by atoms with E-state index in [0.717, 1.165) is 11.3 Å². The van der Waals surface area contributed by atoms with E-state index in [1.165, 1.54) is 12.3 Å². The summed E-state index contributed by atoms with van der Waals surface area (Å²) in [5.74, 6) is 0.713. The molecule has 2 N–H and O–H groups in total. The number of aromatic nitrogens is 3. The van der Waals surface area contributed by atoms with Crippen LogP contribution in [0.5, 0.6) is 0 Å². The third-order valence-corrected chi connectivity index (χ3v) is 3.89. The zero-order valence-electron chi connectivity index (χ0n) is 13.6. The number of rotatable bonds is 6. The average Bonchev–Trinajstić information content (AvgIpc) is 2.60. The SMILES string of the molecule is Cc1ccc(Cl)cc1Nc1cnnc(NCCc2ccccc2F)n1. The van der Waals surface area contributed by atoms with Crippen molar-refractivity contribution in [3.8, 4) is 0 Å². The normalized spacial score (nSPS) is 10.5. The second-order valence-electron chi connectivity index (χ2n) is 5.52. The predicted octanol–water partition coefficient (Wildman–Crippen LogP) is 4.37. The Morgan fingerprint density at radius 2 is 2.00 bits per heavy atom. The van der Waals surface area contributed by atoms with Gasteiger partial charge < -0.3 is 10.6 Å². The fraction of sp³-hybridized carbons (Fsp3) is 0.167. The van der Waals surface area contributed by atoms with Gasteiger partial charge in [0.2, 0.25) is 5.95 Å². The van der Waals surface area contributed by atoms with Gasteiger partial charge in [0.05, 0.1) is 6.20 Å². The molecule has 1 heterocycles. The highest BCUT2D eigenvalue weighted by molar-refractivity contribution is 6.30. The summed E-state index contributed by atoms with van der Waals surface area (Å²) in [4.78, 5) is 4.36. The van der Waals surface area contributed by atoms with Crippen molar-refractivity contribution in [2.75, 3.05) is 17.2 Å². The van der Waals surface area contributed by atoms with Crippen LogP contribution in [-0.2, 0) is 6.42 Å². The van der Waals surface area contributed by atoms with Gasteiger partial charge in [-0.2, -0.15) is 10.1 Å². The number of nitrogens with one attached hydrogen (secondary N) is 2. The Kier molecular flexibility index (Phi) is 5.40. The molecule has 5 nitrogen and oxygen atoms in total. The van der Waals surface area contributed by atoms with E-state index in [1.54, 1.807) is 12.1 Å². The van der Waals surface area contributed by atoms with Crippen molar-refractivity contribution in [1.82, 2.24) is 15.2 Å². The molecule has 0 atom stereocenters. The first-order valence-corrected chi connectivity index (χ1v) is 8.20. The van der Waals surface area contributed by atoms with Crippen LogP contribution in [0.25, 0.3) is 0 Å². The summed E-state index contributed by atoms with van der Waals surface area (Å²) in [7, 11) is 0. The van der Waals surface area contributed by atoms with Crippen LogP contribution in [0, 0.1) is 12.7 Å². The number of halogens is 2. The molecular formula is C18H17ClFN5. The maximum absolute atomic E-state index is 13.6. The number of aryl methyl sites for hydroxylation is 1. The van der Waals surface area contributed by atoms with E-state index in [4.69, 9.17) is 11.6 Å². The minimum absolute atomic E-state index is 0.213. The van der Waals surface area contributed by atoms with Crippen molar-refractivity contribution >= 4 is 29.1 Å². The molecule has 0 spiro atoms. The van der Waals surface area contributed by atoms with E-state index in [0.29, 0.717) is 35.3 Å². The third-order valence-electron chi connectivity index (χ3n) is 3.66. The zero-order chi connectivity index (χ0) is 17.6. The van der Waals surface area contributed by atoms with Crippen LogP contribution in [0.4, 0.5) is 21.8 Å². The van der Waals surface area contributed by atoms with E-state index in [-0.39, 0.29) is 5.82 Å². The van der Waals surface area contributed by atoms with E-state index in [1.807, 2.05) is 31.2 Å². The molecule has 0 aliphatic rings. The Labute approximate surface area is 150 Å². The fourth-order valence-electron chi connectivity index (χ4n) is 2.32. The monoisotopic (exact) mass is 357 g/mol. The highest BCUT2D eigenvalue weighted by Crippen LogP contribution is 2.23. The van der Waals surface area contributed by atoms with Crippen molar-refractivity contribution in [3.63, 3.8) is 0 Å². The maximum Gasteiger partial charge on any atom is 0.244 e. The number of anilines is 3. The molecule has 0 radical (unpaired) electrons. The molecule has 0 unspecified atom stereocenters. The summed E-state index contributed by atoms with van der Waals surface area (Å²) in [5, 5.41) is 14.7. The van der Waals surface area contributed by atoms with Crippen LogP contribution in [0.3, 0.4) is 0 Å². The van der Waals surface area contributed by atoms with Gasteiger partial charge in [0.25, 0.3) is 0 Å². The summed E-state index contributed by atoms with van der Waals surface area (Å²) >= 11 is 6.02. The molecule has 0 bridgehead atoms. The molecular weight excluding hydrogens is 341 g/mol. The summed E-state index contributed by atoms with van der Waals surface area (Å²) < 4.78 is 13.6. The first kappa shape index (κ1) is 17.1. The molecule has 0 saturated carbocycles. The molecule has 3 aromatic rings. The van der Waals surface area contributed by atoms with Crippen molar-refractivity contribution in [3.05, 3.63) is 70.6 Å². The Bertz CT molecular complexity index is 872. The second-order valence-corrected chi connectivity index (χ2v) is 5.95. The molecule has 1 aromatic heterocycles. The van der Waals surface area contributed by atoms with Crippen molar-refractivity contribution in [2.45, 2.75) is 13.3 Å². The van der Waals surface area contributed by atoms with Crippen molar-refractivity contribution < 1.29 is 4.39 Å². The third kappa shape index (κ3) is 4.64. The maximum atomic E-state index is 13.6. The zero-order valence-corrected chi connectivity index (χ0v) is 14.4. The van der Waals surface area contributed by atoms with Crippen molar-refractivity contribution in [2.24, 2.45) is 0 Å². The van der Waals surface area contributed by atoms with E-state index >= 15 is 0 Å². The van der Waals surface area contributed by atoms with Gasteiger partial charge in [-0.3, -0.25) is 0 Å². The van der Waals surface area contributed by atoms with Gasteiger partial charge in [0.1, 0.15) is 5.82 Å². The van der Waals surface area contributed by atoms with E-state index < -0.39 is 0 Å². The quantitative estimate of drug-likeness (QED) is 0.685. The average molecular weight is 358 g/mol. The Morgan fingerprint density at radius 3 is 2.84 bits per heavy atom. The number of hydrogen-bond acceptors (Lipinski definition) is 5. The Morgan fingerprint density at radius 1 is 1.16 bits per heavy atom. The molecule has 25 heavy (non-hydrogen) atoms. The topological polar surface area (TPSA) is 62.7 Å². The van der Waals surface area contributed by atoms with Gasteiger partial charge in [0.15, 0.2) is 5.82 Å². The summed E-state index contributed by atoms with van der Waals surface area (Å²) in [6.07, 6.45) is 2.06. The molecule has 128 valence electrons. The number of benzene rings is 2. The first-order chi connectivity index (χ1) is 12.1. The number of nitrogens with zero attached hydrogens (tertiary/aromatic N) is 3. The smallest absolute Gasteiger partial charge is 0.244 e. The molecule has 0 fully saturated rings. The molecule has 0 amide bonds. The molecule has 0 aliphatic heterocycles. The molecule has 2 aromatic carbocycles. The van der Waals surface area contributed by atoms with Crippen LogP contribution < -0.4 is 10.6 Å². The molecule has 0 aliphatic carbocycles. The van der Waals surface area contributed by atoms with Crippen LogP contribution in [0.15, 0.2) is 48.7 Å². The molecule has 0 saturated heterocycles. The van der Waals surface area contributed by atoms with Gasteiger partial charge in [-0.1, -0.05) is 35.9 Å². The van der Waals surface area contributed by atoms with Gasteiger partial charge in [-0.05, 0) is 42.7 Å². The standard InChI is InChI=1S/C18H17ClFN5/c1-12-6-7-14(19)10-16(12)23-17-11-22-25-18(24-17)21-9-8-13-4-2-3-5-15(13)20/h2-7,10-11H,8-9H2,1H3,(H2,21,23,24,25). The van der Waals surface area contributed by atoms with Crippen LogP contribution in [0.1, 0.15) is 11.1 Å². The lowest BCUT2D eigenvalue weighted by molar-refractivity contribution is 0.610. The van der Waals surface area contributed by atoms with Crippen LogP contribution >= 0.6 is 11.6 Å². The Hall–Kier alpha value is -2.73. The summed E-state index contributed by atoms with van der Waals surface area (Å²) in [5.41, 5.74) is 2.54. The van der Waals surface area contributed by atoms with Gasteiger partial charge in [-0.25, -0.2) is 4.39 Å². The van der Waals surface area contributed by atoms with Crippen molar-refractivity contribution in [1.29, 1.82) is 0 Å². The minimum Gasteiger partial charge on any atom is -0.353 e. The summed E-state index contributed by atoms with van der Waals surface area (Å²) in [6, 6.07) is 12.3. The molecule has 7 heteroatoms. The lowest BCUT2D eigenvalue weighted by atomic mass is 10.1. The predicted molar refractivity (Wildman–Crippen MR) is 97.9 cm³/mol. The minimum atomic E-state index is -0.213. The van der Waals surface area contributed by atoms with Crippen LogP contribution in [0.2, 0.25) is 5.02 Å². The highest BCUT2D eigenvalue weighted by Gasteiger charge is 2.05.